The van der Waals surface area contributed by atoms with Gasteiger partial charge >= 0.3 is 0 Å². The summed E-state index contributed by atoms with van der Waals surface area (Å²) < 4.78 is 0. The monoisotopic (exact) mass is 362 g/mol. The predicted molar refractivity (Wildman–Crippen MR) is 99.1 cm³/mol. The van der Waals surface area contributed by atoms with Crippen LogP contribution in [0.5, 0.6) is 0 Å². The van der Waals surface area contributed by atoms with E-state index in [1.54, 1.807) is 0 Å². The maximum atomic E-state index is 13.0. The maximum absolute atomic E-state index is 13.0. The molecule has 2 aliphatic heterocycles. The summed E-state index contributed by atoms with van der Waals surface area (Å²) in [6, 6.07) is 8.38. The van der Waals surface area contributed by atoms with E-state index in [4.69, 9.17) is 11.6 Å². The number of hydrazine groups is 1. The fourth-order valence-corrected chi connectivity index (χ4v) is 4.79. The molecule has 5 nitrogen and oxygen atoms in total. The lowest BCUT2D eigenvalue weighted by molar-refractivity contribution is -0.139. The Labute approximate surface area is 154 Å². The molecule has 0 radical (unpaired) electrons. The quantitative estimate of drug-likeness (QED) is 0.862. The average molecular weight is 363 g/mol. The minimum absolute atomic E-state index is 0.147. The Morgan fingerprint density at radius 3 is 2.84 bits per heavy atom. The van der Waals surface area contributed by atoms with Crippen molar-refractivity contribution in [2.24, 2.45) is 11.8 Å². The number of nitrogens with one attached hydrogen (secondary N) is 2. The van der Waals surface area contributed by atoms with Crippen molar-refractivity contribution in [2.75, 3.05) is 32.7 Å². The number of carbonyl (C=O) groups is 1. The first kappa shape index (κ1) is 17.3. The van der Waals surface area contributed by atoms with Crippen molar-refractivity contribution in [1.82, 2.24) is 20.7 Å². The number of halogens is 1. The fourth-order valence-electron chi connectivity index (χ4n) is 4.57. The van der Waals surface area contributed by atoms with Gasteiger partial charge < -0.3 is 4.90 Å². The molecule has 0 bridgehead atoms. The molecule has 1 amide bonds. The number of benzene rings is 1. The molecule has 3 unspecified atom stereocenters. The lowest BCUT2D eigenvalue weighted by atomic mass is 9.77. The summed E-state index contributed by atoms with van der Waals surface area (Å²) in [7, 11) is 0. The molecule has 3 fully saturated rings. The third-order valence-electron chi connectivity index (χ3n) is 5.96. The molecule has 2 N–H and O–H groups in total. The van der Waals surface area contributed by atoms with Crippen LogP contribution in [0.2, 0.25) is 5.02 Å². The first-order valence-electron chi connectivity index (χ1n) is 9.45. The number of rotatable bonds is 3. The van der Waals surface area contributed by atoms with Crippen molar-refractivity contribution in [3.63, 3.8) is 0 Å². The maximum Gasteiger partial charge on any atom is 0.227 e. The molecule has 1 aliphatic carbocycles. The second-order valence-electron chi connectivity index (χ2n) is 7.58. The van der Waals surface area contributed by atoms with E-state index in [1.165, 1.54) is 18.4 Å². The van der Waals surface area contributed by atoms with Gasteiger partial charge in [-0.2, -0.15) is 0 Å². The molecule has 6 heteroatoms. The molecule has 25 heavy (non-hydrogen) atoms. The summed E-state index contributed by atoms with van der Waals surface area (Å²) in [6.45, 7) is 5.45. The molecule has 0 spiro atoms. The van der Waals surface area contributed by atoms with Crippen molar-refractivity contribution < 1.29 is 4.79 Å². The third kappa shape index (κ3) is 3.85. The predicted octanol–water partition coefficient (Wildman–Crippen LogP) is 1.88. The normalized spacial score (nSPS) is 30.3. The molecule has 0 aromatic heterocycles. The highest BCUT2D eigenvalue weighted by Crippen LogP contribution is 2.32. The number of piperazine rings is 1. The molecule has 3 atom stereocenters. The van der Waals surface area contributed by atoms with Gasteiger partial charge in [-0.25, -0.2) is 0 Å². The van der Waals surface area contributed by atoms with Gasteiger partial charge in [0.15, 0.2) is 0 Å². The van der Waals surface area contributed by atoms with Crippen molar-refractivity contribution in [2.45, 2.75) is 31.8 Å². The Kier molecular flexibility index (Phi) is 5.27. The second-order valence-corrected chi connectivity index (χ2v) is 8.02. The first-order valence-corrected chi connectivity index (χ1v) is 9.82. The third-order valence-corrected chi connectivity index (χ3v) is 6.20. The molecule has 136 valence electrons. The van der Waals surface area contributed by atoms with E-state index in [0.29, 0.717) is 17.9 Å². The van der Waals surface area contributed by atoms with Gasteiger partial charge in [0, 0.05) is 50.3 Å². The van der Waals surface area contributed by atoms with Crippen LogP contribution in [0.25, 0.3) is 0 Å². The van der Waals surface area contributed by atoms with Crippen LogP contribution in [-0.2, 0) is 11.3 Å². The molecule has 2 heterocycles. The molecular weight excluding hydrogens is 336 g/mol. The van der Waals surface area contributed by atoms with Gasteiger partial charge in [-0.15, -0.1) is 0 Å². The van der Waals surface area contributed by atoms with Crippen LogP contribution in [0.4, 0.5) is 0 Å². The molecule has 3 aliphatic rings. The van der Waals surface area contributed by atoms with E-state index in [9.17, 15) is 4.79 Å². The van der Waals surface area contributed by atoms with Crippen LogP contribution in [0.3, 0.4) is 0 Å². The molecule has 1 saturated carbocycles. The summed E-state index contributed by atoms with van der Waals surface area (Å²) >= 11 is 6.08. The molecule has 1 aromatic rings. The van der Waals surface area contributed by atoms with Crippen LogP contribution in [-0.4, -0.2) is 54.5 Å². The Morgan fingerprint density at radius 2 is 2.04 bits per heavy atom. The summed E-state index contributed by atoms with van der Waals surface area (Å²) in [4.78, 5) is 17.5. The number of hydrogen-bond donors (Lipinski definition) is 2. The summed E-state index contributed by atoms with van der Waals surface area (Å²) in [5.41, 5.74) is 7.85. The van der Waals surface area contributed by atoms with Gasteiger partial charge in [0.1, 0.15) is 0 Å². The van der Waals surface area contributed by atoms with Crippen LogP contribution in [0.1, 0.15) is 24.8 Å². The van der Waals surface area contributed by atoms with E-state index in [1.807, 2.05) is 18.2 Å². The van der Waals surface area contributed by atoms with E-state index in [2.05, 4.69) is 26.7 Å². The number of nitrogens with zero attached hydrogens (tertiary/aromatic N) is 2. The van der Waals surface area contributed by atoms with Gasteiger partial charge in [-0.1, -0.05) is 30.2 Å². The van der Waals surface area contributed by atoms with E-state index in [-0.39, 0.29) is 5.92 Å². The summed E-state index contributed by atoms with van der Waals surface area (Å²) in [5, 5.41) is 0.788. The van der Waals surface area contributed by atoms with Crippen molar-refractivity contribution >= 4 is 17.5 Å². The second kappa shape index (κ2) is 7.62. The summed E-state index contributed by atoms with van der Waals surface area (Å²) in [6.07, 6.45) is 3.44. The zero-order valence-electron chi connectivity index (χ0n) is 14.6. The Balaban J connectivity index is 1.31. The standard InChI is InChI=1S/C19H27ClN4O/c20-16-5-1-3-14(11-16)13-23-7-9-24(10-8-23)19(25)17-6-2-4-15-12-21-22-18(15)17/h1,3,5,11,15,17-18,21-22H,2,4,6-10,12-13H2. The summed E-state index contributed by atoms with van der Waals surface area (Å²) in [5.74, 6) is 1.12. The first-order chi connectivity index (χ1) is 12.2. The number of hydrogen-bond acceptors (Lipinski definition) is 4. The van der Waals surface area contributed by atoms with Gasteiger partial charge in [0.2, 0.25) is 5.91 Å². The SMILES string of the molecule is O=C(C1CCCC2CNNC21)N1CCN(Cc2cccc(Cl)c2)CC1. The smallest absolute Gasteiger partial charge is 0.227 e. The lowest BCUT2D eigenvalue weighted by Gasteiger charge is -2.39. The van der Waals surface area contributed by atoms with E-state index in [0.717, 1.165) is 50.7 Å². The van der Waals surface area contributed by atoms with Crippen LogP contribution < -0.4 is 10.9 Å². The minimum Gasteiger partial charge on any atom is -0.340 e. The van der Waals surface area contributed by atoms with Crippen molar-refractivity contribution in [3.8, 4) is 0 Å². The largest absolute Gasteiger partial charge is 0.340 e. The fraction of sp³-hybridized carbons (Fsp3) is 0.632. The highest BCUT2D eigenvalue weighted by Gasteiger charge is 2.41. The Morgan fingerprint density at radius 1 is 1.20 bits per heavy atom. The minimum atomic E-state index is 0.147. The molecule has 1 aromatic carbocycles. The molecule has 4 rings (SSSR count). The average Bonchev–Trinajstić information content (AvgIpc) is 3.10. The highest BCUT2D eigenvalue weighted by molar-refractivity contribution is 6.30. The van der Waals surface area contributed by atoms with Crippen molar-refractivity contribution in [3.05, 3.63) is 34.9 Å². The van der Waals surface area contributed by atoms with Gasteiger partial charge in [0.05, 0.1) is 5.92 Å². The number of amides is 1. The van der Waals surface area contributed by atoms with Crippen LogP contribution in [0.15, 0.2) is 24.3 Å². The lowest BCUT2D eigenvalue weighted by Crippen LogP contribution is -2.54. The van der Waals surface area contributed by atoms with Gasteiger partial charge in [-0.3, -0.25) is 20.5 Å². The van der Waals surface area contributed by atoms with Crippen LogP contribution in [0, 0.1) is 11.8 Å². The zero-order valence-corrected chi connectivity index (χ0v) is 15.3. The number of fused-ring (bicyclic) bond motifs is 1. The van der Waals surface area contributed by atoms with Gasteiger partial charge in [0.25, 0.3) is 0 Å². The topological polar surface area (TPSA) is 47.6 Å². The molecule has 2 saturated heterocycles. The Bertz CT molecular complexity index is 617. The van der Waals surface area contributed by atoms with Gasteiger partial charge in [-0.05, 0) is 36.5 Å². The van der Waals surface area contributed by atoms with E-state index >= 15 is 0 Å². The van der Waals surface area contributed by atoms with E-state index < -0.39 is 0 Å². The van der Waals surface area contributed by atoms with Crippen molar-refractivity contribution in [1.29, 1.82) is 0 Å². The Hall–Kier alpha value is -1.14. The highest BCUT2D eigenvalue weighted by atomic mass is 35.5. The van der Waals surface area contributed by atoms with Crippen LogP contribution >= 0.6 is 11.6 Å². The zero-order chi connectivity index (χ0) is 17.2. The molecular formula is C19H27ClN4O. The number of carbonyl (C=O) groups excluding carboxylic acids is 1.